The Morgan fingerprint density at radius 2 is 1.78 bits per heavy atom. The standard InChI is InChI=1S/C11H10FNO4S/c12-18(16,17)8-3-1-7(2-4-8)9-5-6-10(14)13-11(9)15/h1-4,9H,5-6H2,(H,13,14,15). The molecule has 1 aliphatic heterocycles. The number of rotatable bonds is 2. The van der Waals surface area contributed by atoms with Gasteiger partial charge in [-0.3, -0.25) is 14.9 Å². The molecule has 7 heteroatoms. The molecule has 1 unspecified atom stereocenters. The molecule has 0 bridgehead atoms. The minimum atomic E-state index is -4.73. The SMILES string of the molecule is O=C1CCC(c2ccc(S(=O)(=O)F)cc2)C(=O)N1. The predicted molar refractivity (Wildman–Crippen MR) is 59.9 cm³/mol. The van der Waals surface area contributed by atoms with Gasteiger partial charge in [-0.25, -0.2) is 0 Å². The van der Waals surface area contributed by atoms with Crippen molar-refractivity contribution in [3.63, 3.8) is 0 Å². The van der Waals surface area contributed by atoms with Gasteiger partial charge in [-0.2, -0.15) is 8.42 Å². The second-order valence-corrected chi connectivity index (χ2v) is 5.36. The van der Waals surface area contributed by atoms with Crippen LogP contribution in [0.3, 0.4) is 0 Å². The van der Waals surface area contributed by atoms with E-state index < -0.39 is 26.9 Å². The maximum Gasteiger partial charge on any atom is 0.332 e. The van der Waals surface area contributed by atoms with Crippen LogP contribution in [0.4, 0.5) is 3.89 Å². The first-order valence-electron chi connectivity index (χ1n) is 5.26. The van der Waals surface area contributed by atoms with Gasteiger partial charge in [0.25, 0.3) is 0 Å². The zero-order chi connectivity index (χ0) is 13.3. The van der Waals surface area contributed by atoms with E-state index in [-0.39, 0.29) is 12.3 Å². The van der Waals surface area contributed by atoms with Gasteiger partial charge < -0.3 is 0 Å². The molecular formula is C11H10FNO4S. The van der Waals surface area contributed by atoms with Gasteiger partial charge in [0.2, 0.25) is 11.8 Å². The highest BCUT2D eigenvalue weighted by molar-refractivity contribution is 7.86. The Hall–Kier alpha value is -1.76. The molecule has 0 aromatic heterocycles. The maximum absolute atomic E-state index is 12.7. The van der Waals surface area contributed by atoms with Gasteiger partial charge in [0.15, 0.2) is 0 Å². The van der Waals surface area contributed by atoms with Gasteiger partial charge in [0.05, 0.1) is 10.8 Å². The summed E-state index contributed by atoms with van der Waals surface area (Å²) in [5.41, 5.74) is 0.562. The Kier molecular flexibility index (Phi) is 3.16. The molecule has 1 aromatic carbocycles. The highest BCUT2D eigenvalue weighted by atomic mass is 32.3. The average Bonchev–Trinajstić information content (AvgIpc) is 2.28. The van der Waals surface area contributed by atoms with Crippen LogP contribution in [0.15, 0.2) is 29.2 Å². The number of nitrogens with one attached hydrogen (secondary N) is 1. The minimum absolute atomic E-state index is 0.236. The van der Waals surface area contributed by atoms with Crippen LogP contribution in [0.25, 0.3) is 0 Å². The molecule has 0 spiro atoms. The molecule has 1 saturated heterocycles. The van der Waals surface area contributed by atoms with E-state index in [0.717, 1.165) is 12.1 Å². The van der Waals surface area contributed by atoms with Crippen LogP contribution in [0.2, 0.25) is 0 Å². The van der Waals surface area contributed by atoms with E-state index in [0.29, 0.717) is 12.0 Å². The third-order valence-corrected chi connectivity index (χ3v) is 3.64. The molecular weight excluding hydrogens is 261 g/mol. The van der Waals surface area contributed by atoms with E-state index in [4.69, 9.17) is 0 Å². The summed E-state index contributed by atoms with van der Waals surface area (Å²) >= 11 is 0. The van der Waals surface area contributed by atoms with E-state index >= 15 is 0 Å². The fraction of sp³-hybridized carbons (Fsp3) is 0.273. The molecule has 0 radical (unpaired) electrons. The van der Waals surface area contributed by atoms with Crippen molar-refractivity contribution in [1.82, 2.24) is 5.32 Å². The molecule has 5 nitrogen and oxygen atoms in total. The molecule has 18 heavy (non-hydrogen) atoms. The van der Waals surface area contributed by atoms with E-state index in [9.17, 15) is 21.9 Å². The van der Waals surface area contributed by atoms with Gasteiger partial charge >= 0.3 is 10.2 Å². The smallest absolute Gasteiger partial charge is 0.296 e. The highest BCUT2D eigenvalue weighted by Crippen LogP contribution is 2.25. The lowest BCUT2D eigenvalue weighted by molar-refractivity contribution is -0.134. The number of imide groups is 1. The quantitative estimate of drug-likeness (QED) is 0.639. The van der Waals surface area contributed by atoms with Crippen molar-refractivity contribution in [2.24, 2.45) is 0 Å². The molecule has 1 N–H and O–H groups in total. The lowest BCUT2D eigenvalue weighted by Gasteiger charge is -2.20. The third-order valence-electron chi connectivity index (χ3n) is 2.80. The zero-order valence-corrected chi connectivity index (χ0v) is 10.0. The summed E-state index contributed by atoms with van der Waals surface area (Å²) in [6.07, 6.45) is 0.603. The summed E-state index contributed by atoms with van der Waals surface area (Å²) in [6.45, 7) is 0. The summed E-state index contributed by atoms with van der Waals surface area (Å²) < 4.78 is 33.9. The van der Waals surface area contributed by atoms with Gasteiger partial charge in [0, 0.05) is 6.42 Å². The lowest BCUT2D eigenvalue weighted by Crippen LogP contribution is -2.39. The largest absolute Gasteiger partial charge is 0.332 e. The fourth-order valence-corrected chi connectivity index (χ4v) is 2.34. The van der Waals surface area contributed by atoms with Crippen LogP contribution in [-0.4, -0.2) is 20.2 Å². The van der Waals surface area contributed by atoms with Crippen molar-refractivity contribution in [3.05, 3.63) is 29.8 Å². The Balaban J connectivity index is 2.25. The topological polar surface area (TPSA) is 80.3 Å². The first-order valence-corrected chi connectivity index (χ1v) is 6.64. The average molecular weight is 271 g/mol. The van der Waals surface area contributed by atoms with E-state index in [1.54, 1.807) is 0 Å². The first kappa shape index (κ1) is 12.7. The number of carbonyl (C=O) groups is 2. The lowest BCUT2D eigenvalue weighted by atomic mass is 9.91. The Morgan fingerprint density at radius 3 is 2.28 bits per heavy atom. The molecule has 1 atom stereocenters. The van der Waals surface area contributed by atoms with Crippen molar-refractivity contribution in [3.8, 4) is 0 Å². The molecule has 2 rings (SSSR count). The number of hydrogen-bond acceptors (Lipinski definition) is 4. The maximum atomic E-state index is 12.7. The molecule has 0 aliphatic carbocycles. The monoisotopic (exact) mass is 271 g/mol. The number of benzene rings is 1. The first-order chi connectivity index (χ1) is 8.38. The van der Waals surface area contributed by atoms with Gasteiger partial charge in [-0.15, -0.1) is 3.89 Å². The summed E-state index contributed by atoms with van der Waals surface area (Å²) in [4.78, 5) is 22.1. The number of amides is 2. The van der Waals surface area contributed by atoms with E-state index in [1.165, 1.54) is 12.1 Å². The Bertz CT molecular complexity index is 594. The molecule has 1 aliphatic rings. The second-order valence-electron chi connectivity index (χ2n) is 4.01. The number of halogens is 1. The van der Waals surface area contributed by atoms with Crippen LogP contribution < -0.4 is 5.32 Å². The van der Waals surface area contributed by atoms with Crippen LogP contribution in [0, 0.1) is 0 Å². The summed E-state index contributed by atoms with van der Waals surface area (Å²) in [5.74, 6) is -1.24. The Labute approximate surface area is 103 Å². The minimum Gasteiger partial charge on any atom is -0.296 e. The zero-order valence-electron chi connectivity index (χ0n) is 9.22. The van der Waals surface area contributed by atoms with E-state index in [2.05, 4.69) is 5.32 Å². The highest BCUT2D eigenvalue weighted by Gasteiger charge is 2.28. The van der Waals surface area contributed by atoms with Crippen LogP contribution in [-0.2, 0) is 19.8 Å². The molecule has 2 amide bonds. The molecule has 1 heterocycles. The number of carbonyl (C=O) groups excluding carboxylic acids is 2. The van der Waals surface area contributed by atoms with Gasteiger partial charge in [-0.1, -0.05) is 12.1 Å². The Morgan fingerprint density at radius 1 is 1.17 bits per heavy atom. The van der Waals surface area contributed by atoms with Crippen LogP contribution in [0.1, 0.15) is 24.3 Å². The predicted octanol–water partition coefficient (Wildman–Crippen LogP) is 0.865. The van der Waals surface area contributed by atoms with Crippen molar-refractivity contribution in [2.45, 2.75) is 23.7 Å². The summed E-state index contributed by atoms with van der Waals surface area (Å²) in [7, 11) is -4.73. The molecule has 1 aromatic rings. The van der Waals surface area contributed by atoms with Crippen molar-refractivity contribution in [2.75, 3.05) is 0 Å². The molecule has 96 valence electrons. The van der Waals surface area contributed by atoms with Gasteiger partial charge in [0.1, 0.15) is 0 Å². The van der Waals surface area contributed by atoms with Crippen LogP contribution in [0.5, 0.6) is 0 Å². The molecule has 1 fully saturated rings. The van der Waals surface area contributed by atoms with E-state index in [1.807, 2.05) is 0 Å². The number of piperidine rings is 1. The second kappa shape index (κ2) is 4.49. The third kappa shape index (κ3) is 2.56. The normalized spacial score (nSPS) is 20.6. The summed E-state index contributed by atoms with van der Waals surface area (Å²) in [5, 5.41) is 2.20. The summed E-state index contributed by atoms with van der Waals surface area (Å²) in [6, 6.07) is 4.97. The molecule has 0 saturated carbocycles. The van der Waals surface area contributed by atoms with Crippen LogP contribution >= 0.6 is 0 Å². The van der Waals surface area contributed by atoms with Crippen molar-refractivity contribution >= 4 is 22.0 Å². The van der Waals surface area contributed by atoms with Crippen molar-refractivity contribution in [1.29, 1.82) is 0 Å². The van der Waals surface area contributed by atoms with Gasteiger partial charge in [-0.05, 0) is 24.1 Å². The van der Waals surface area contributed by atoms with Crippen molar-refractivity contribution < 1.29 is 21.9 Å². The number of hydrogen-bond donors (Lipinski definition) is 1. The fourth-order valence-electron chi connectivity index (χ4n) is 1.87.